The molecule has 34 heavy (non-hydrogen) atoms. The third kappa shape index (κ3) is 6.35. The smallest absolute Gasteiger partial charge is 0.416 e. The highest BCUT2D eigenvalue weighted by atomic mass is 19.4. The molecule has 2 amide bonds. The zero-order chi connectivity index (χ0) is 24.7. The van der Waals surface area contributed by atoms with E-state index in [9.17, 15) is 27.6 Å². The van der Waals surface area contributed by atoms with Crippen molar-refractivity contribution >= 4 is 29.5 Å². The molecular formula is C24H19F3N2O5. The van der Waals surface area contributed by atoms with Crippen molar-refractivity contribution in [1.82, 2.24) is 0 Å². The number of ether oxygens (including phenoxy) is 2. The van der Waals surface area contributed by atoms with Crippen molar-refractivity contribution in [2.75, 3.05) is 24.4 Å². The number of rotatable bonds is 8. The van der Waals surface area contributed by atoms with Crippen molar-refractivity contribution in [2.24, 2.45) is 0 Å². The number of anilines is 2. The summed E-state index contributed by atoms with van der Waals surface area (Å²) >= 11 is 0. The van der Waals surface area contributed by atoms with Crippen LogP contribution in [0.1, 0.15) is 26.3 Å². The minimum atomic E-state index is -4.53. The summed E-state index contributed by atoms with van der Waals surface area (Å²) in [6.07, 6.45) is -3.89. The number of carbonyl (C=O) groups is 3. The number of halogens is 3. The quantitative estimate of drug-likeness (QED) is 0.460. The van der Waals surface area contributed by atoms with Gasteiger partial charge in [0.1, 0.15) is 6.29 Å². The molecule has 3 rings (SSSR count). The number of hydrogen-bond acceptors (Lipinski definition) is 5. The molecule has 0 saturated heterocycles. The number of alkyl halides is 3. The van der Waals surface area contributed by atoms with E-state index in [0.29, 0.717) is 11.8 Å². The van der Waals surface area contributed by atoms with Gasteiger partial charge in [-0.25, -0.2) is 0 Å². The number of aldehydes is 1. The average molecular weight is 472 g/mol. The van der Waals surface area contributed by atoms with E-state index in [1.807, 2.05) is 0 Å². The molecule has 0 aliphatic carbocycles. The maximum Gasteiger partial charge on any atom is 0.416 e. The van der Waals surface area contributed by atoms with E-state index in [1.165, 1.54) is 55.6 Å². The first-order valence-corrected chi connectivity index (χ1v) is 9.84. The van der Waals surface area contributed by atoms with Crippen LogP contribution in [0.25, 0.3) is 0 Å². The fourth-order valence-electron chi connectivity index (χ4n) is 2.93. The number of carbonyl (C=O) groups excluding carboxylic acids is 3. The van der Waals surface area contributed by atoms with Crippen LogP contribution in [0.5, 0.6) is 11.5 Å². The number of methoxy groups -OCH3 is 1. The van der Waals surface area contributed by atoms with Crippen molar-refractivity contribution in [3.63, 3.8) is 0 Å². The van der Waals surface area contributed by atoms with E-state index in [-0.39, 0.29) is 35.0 Å². The lowest BCUT2D eigenvalue weighted by atomic mass is 10.1. The van der Waals surface area contributed by atoms with Crippen molar-refractivity contribution in [2.45, 2.75) is 6.18 Å². The lowest BCUT2D eigenvalue weighted by Crippen LogP contribution is -2.21. The number of amides is 2. The summed E-state index contributed by atoms with van der Waals surface area (Å²) in [7, 11) is 1.40. The fourth-order valence-corrected chi connectivity index (χ4v) is 2.93. The van der Waals surface area contributed by atoms with Crippen LogP contribution in [0.2, 0.25) is 0 Å². The number of hydrogen-bond donors (Lipinski definition) is 2. The van der Waals surface area contributed by atoms with Crippen LogP contribution in [0.4, 0.5) is 24.5 Å². The predicted molar refractivity (Wildman–Crippen MR) is 118 cm³/mol. The molecule has 0 atom stereocenters. The van der Waals surface area contributed by atoms with Gasteiger partial charge in [0.05, 0.1) is 12.7 Å². The molecule has 7 nitrogen and oxygen atoms in total. The highest BCUT2D eigenvalue weighted by Crippen LogP contribution is 2.31. The van der Waals surface area contributed by atoms with Crippen molar-refractivity contribution in [3.8, 4) is 11.5 Å². The number of nitrogens with one attached hydrogen (secondary N) is 2. The molecule has 0 heterocycles. The molecule has 176 valence electrons. The summed E-state index contributed by atoms with van der Waals surface area (Å²) in [5.41, 5.74) is -0.106. The molecule has 0 aromatic heterocycles. The van der Waals surface area contributed by atoms with Gasteiger partial charge in [-0.15, -0.1) is 0 Å². The molecule has 0 fully saturated rings. The lowest BCUT2D eigenvalue weighted by Gasteiger charge is -2.12. The van der Waals surface area contributed by atoms with E-state index >= 15 is 0 Å². The van der Waals surface area contributed by atoms with Crippen molar-refractivity contribution in [3.05, 3.63) is 83.4 Å². The first-order valence-electron chi connectivity index (χ1n) is 9.84. The molecule has 0 radical (unpaired) electrons. The molecule has 2 N–H and O–H groups in total. The summed E-state index contributed by atoms with van der Waals surface area (Å²) in [4.78, 5) is 35.6. The molecule has 3 aromatic rings. The van der Waals surface area contributed by atoms with E-state index in [0.717, 1.165) is 12.1 Å². The maximum absolute atomic E-state index is 12.9. The molecular weight excluding hydrogens is 453 g/mol. The summed E-state index contributed by atoms with van der Waals surface area (Å²) < 4.78 is 49.2. The zero-order valence-corrected chi connectivity index (χ0v) is 17.8. The Labute approximate surface area is 192 Å². The highest BCUT2D eigenvalue weighted by Gasteiger charge is 2.30. The lowest BCUT2D eigenvalue weighted by molar-refractivity contribution is -0.137. The van der Waals surface area contributed by atoms with Crippen LogP contribution in [0, 0.1) is 0 Å². The van der Waals surface area contributed by atoms with Gasteiger partial charge in [0.15, 0.2) is 18.1 Å². The van der Waals surface area contributed by atoms with E-state index in [4.69, 9.17) is 9.47 Å². The molecule has 0 unspecified atom stereocenters. The second-order valence-electron chi connectivity index (χ2n) is 6.98. The van der Waals surface area contributed by atoms with Gasteiger partial charge in [-0.2, -0.15) is 13.2 Å². The molecule has 3 aromatic carbocycles. The van der Waals surface area contributed by atoms with Gasteiger partial charge in [0.25, 0.3) is 11.8 Å². The number of benzene rings is 3. The van der Waals surface area contributed by atoms with E-state index in [1.54, 1.807) is 6.07 Å². The topological polar surface area (TPSA) is 93.7 Å². The standard InChI is InChI=1S/C24H19F3N2O5/c1-33-21-10-15(13-30)8-9-20(21)34-14-22(31)28-18-6-2-4-16(11-18)23(32)29-19-7-3-5-17(12-19)24(25,26)27/h2-13H,14H2,1H3,(H,28,31)(H,29,32). The molecule has 0 bridgehead atoms. The Bertz CT molecular complexity index is 1210. The summed E-state index contributed by atoms with van der Waals surface area (Å²) in [5, 5.41) is 4.98. The molecule has 0 spiro atoms. The minimum Gasteiger partial charge on any atom is -0.493 e. The van der Waals surface area contributed by atoms with Crippen LogP contribution in [-0.2, 0) is 11.0 Å². The summed E-state index contributed by atoms with van der Waals surface area (Å²) in [6.45, 7) is -0.378. The molecule has 10 heteroatoms. The van der Waals surface area contributed by atoms with Crippen LogP contribution < -0.4 is 20.1 Å². The second kappa shape index (κ2) is 10.5. The third-order valence-electron chi connectivity index (χ3n) is 4.54. The zero-order valence-electron chi connectivity index (χ0n) is 17.8. The van der Waals surface area contributed by atoms with Crippen LogP contribution in [-0.4, -0.2) is 31.8 Å². The van der Waals surface area contributed by atoms with Crippen LogP contribution >= 0.6 is 0 Å². The average Bonchev–Trinajstić information content (AvgIpc) is 2.82. The van der Waals surface area contributed by atoms with Crippen LogP contribution in [0.3, 0.4) is 0 Å². The van der Waals surface area contributed by atoms with Gasteiger partial charge in [-0.3, -0.25) is 14.4 Å². The molecule has 0 saturated carbocycles. The Kier molecular flexibility index (Phi) is 7.52. The van der Waals surface area contributed by atoms with Crippen LogP contribution in [0.15, 0.2) is 66.7 Å². The fraction of sp³-hybridized carbons (Fsp3) is 0.125. The minimum absolute atomic E-state index is 0.0165. The Morgan fingerprint density at radius 1 is 0.912 bits per heavy atom. The Morgan fingerprint density at radius 3 is 2.29 bits per heavy atom. The SMILES string of the molecule is COc1cc(C=O)ccc1OCC(=O)Nc1cccc(C(=O)Nc2cccc(C(F)(F)F)c2)c1. The monoisotopic (exact) mass is 472 g/mol. The first kappa shape index (κ1) is 24.3. The van der Waals surface area contributed by atoms with E-state index < -0.39 is 23.6 Å². The van der Waals surface area contributed by atoms with Gasteiger partial charge in [0.2, 0.25) is 0 Å². The van der Waals surface area contributed by atoms with Gasteiger partial charge in [-0.1, -0.05) is 12.1 Å². The van der Waals surface area contributed by atoms with Gasteiger partial charge >= 0.3 is 6.18 Å². The first-order chi connectivity index (χ1) is 16.2. The van der Waals surface area contributed by atoms with Gasteiger partial charge in [-0.05, 0) is 54.6 Å². The van der Waals surface area contributed by atoms with Gasteiger partial charge in [0, 0.05) is 22.5 Å². The van der Waals surface area contributed by atoms with Gasteiger partial charge < -0.3 is 20.1 Å². The molecule has 0 aliphatic heterocycles. The normalized spacial score (nSPS) is 10.8. The third-order valence-corrected chi connectivity index (χ3v) is 4.54. The Balaban J connectivity index is 1.62. The second-order valence-corrected chi connectivity index (χ2v) is 6.98. The Hall–Kier alpha value is -4.34. The van der Waals surface area contributed by atoms with Crippen molar-refractivity contribution in [1.29, 1.82) is 0 Å². The molecule has 0 aliphatic rings. The summed E-state index contributed by atoms with van der Waals surface area (Å²) in [6, 6.07) is 14.6. The summed E-state index contributed by atoms with van der Waals surface area (Å²) in [5.74, 6) is -0.633. The van der Waals surface area contributed by atoms with E-state index in [2.05, 4.69) is 10.6 Å². The largest absolute Gasteiger partial charge is 0.493 e. The van der Waals surface area contributed by atoms with Crippen molar-refractivity contribution < 1.29 is 37.0 Å². The Morgan fingerprint density at radius 2 is 1.62 bits per heavy atom. The predicted octanol–water partition coefficient (Wildman–Crippen LogP) is 4.80. The highest BCUT2D eigenvalue weighted by molar-refractivity contribution is 6.05. The maximum atomic E-state index is 12.9.